The molecule has 0 aliphatic heterocycles. The van der Waals surface area contributed by atoms with E-state index in [0.717, 1.165) is 28.7 Å². The van der Waals surface area contributed by atoms with Crippen molar-refractivity contribution in [1.29, 1.82) is 0 Å². The summed E-state index contributed by atoms with van der Waals surface area (Å²) in [4.78, 5) is 19.1. The van der Waals surface area contributed by atoms with Gasteiger partial charge >= 0.3 is 0 Å². The molecule has 5 heteroatoms. The Hall–Kier alpha value is -1.62. The highest BCUT2D eigenvalue weighted by Gasteiger charge is 2.06. The first-order chi connectivity index (χ1) is 9.15. The Balaban J connectivity index is 1.80. The monoisotopic (exact) mass is 321 g/mol. The van der Waals surface area contributed by atoms with Gasteiger partial charge in [-0.3, -0.25) is 4.79 Å². The van der Waals surface area contributed by atoms with Gasteiger partial charge in [0.25, 0.3) is 5.91 Å². The zero-order chi connectivity index (χ0) is 13.7. The average molecular weight is 322 g/mol. The third kappa shape index (κ3) is 4.21. The van der Waals surface area contributed by atoms with Crippen LogP contribution in [0.25, 0.3) is 0 Å². The number of aromatic nitrogens is 2. The number of nitrogens with zero attached hydrogens (tertiary/aromatic N) is 1. The van der Waals surface area contributed by atoms with Gasteiger partial charge in [-0.15, -0.1) is 0 Å². The minimum absolute atomic E-state index is 0.0381. The third-order valence-electron chi connectivity index (χ3n) is 2.74. The lowest BCUT2D eigenvalue weighted by Gasteiger charge is -2.06. The summed E-state index contributed by atoms with van der Waals surface area (Å²) >= 11 is 3.40. The van der Waals surface area contributed by atoms with E-state index < -0.39 is 0 Å². The molecule has 1 aromatic carbocycles. The first kappa shape index (κ1) is 13.8. The van der Waals surface area contributed by atoms with Crippen molar-refractivity contribution in [3.63, 3.8) is 0 Å². The molecule has 100 valence electrons. The molecule has 0 unspecified atom stereocenters. The highest BCUT2D eigenvalue weighted by molar-refractivity contribution is 9.10. The first-order valence-electron chi connectivity index (χ1n) is 6.19. The zero-order valence-electron chi connectivity index (χ0n) is 10.7. The summed E-state index contributed by atoms with van der Waals surface area (Å²) < 4.78 is 0.924. The maximum absolute atomic E-state index is 12.0. The molecule has 0 aliphatic carbocycles. The van der Waals surface area contributed by atoms with Crippen molar-refractivity contribution in [2.24, 2.45) is 0 Å². The molecule has 0 fully saturated rings. The molecule has 1 aromatic heterocycles. The molecule has 1 amide bonds. The van der Waals surface area contributed by atoms with Crippen LogP contribution in [0.15, 0.2) is 35.1 Å². The van der Waals surface area contributed by atoms with Crippen LogP contribution in [0.2, 0.25) is 0 Å². The van der Waals surface area contributed by atoms with Crippen LogP contribution in [-0.4, -0.2) is 22.4 Å². The number of H-pyrrole nitrogens is 1. The lowest BCUT2D eigenvalue weighted by atomic mass is 10.1. The smallest absolute Gasteiger partial charge is 0.251 e. The Morgan fingerprint density at radius 1 is 1.42 bits per heavy atom. The molecule has 0 aliphatic rings. The molecule has 0 bridgehead atoms. The van der Waals surface area contributed by atoms with Gasteiger partial charge in [0.05, 0.1) is 0 Å². The molecule has 1 heterocycles. The number of hydrogen-bond acceptors (Lipinski definition) is 2. The van der Waals surface area contributed by atoms with Crippen LogP contribution in [0.4, 0.5) is 0 Å². The second kappa shape index (κ2) is 6.52. The second-order valence-corrected chi connectivity index (χ2v) is 5.33. The van der Waals surface area contributed by atoms with Crippen LogP contribution < -0.4 is 5.32 Å². The summed E-state index contributed by atoms with van der Waals surface area (Å²) in [7, 11) is 0. The van der Waals surface area contributed by atoms with E-state index in [1.165, 1.54) is 0 Å². The molecule has 2 aromatic rings. The van der Waals surface area contributed by atoms with Crippen LogP contribution in [0, 0.1) is 6.92 Å². The Labute approximate surface area is 120 Å². The quantitative estimate of drug-likeness (QED) is 0.832. The van der Waals surface area contributed by atoms with Gasteiger partial charge in [-0.1, -0.05) is 15.9 Å². The van der Waals surface area contributed by atoms with Crippen molar-refractivity contribution in [3.05, 3.63) is 52.0 Å². The molecule has 0 saturated carbocycles. The number of nitrogens with one attached hydrogen (secondary N) is 2. The van der Waals surface area contributed by atoms with Crippen LogP contribution in [0.5, 0.6) is 0 Å². The van der Waals surface area contributed by atoms with E-state index in [-0.39, 0.29) is 5.91 Å². The number of hydrogen-bond donors (Lipinski definition) is 2. The Morgan fingerprint density at radius 3 is 2.95 bits per heavy atom. The number of rotatable bonds is 5. The van der Waals surface area contributed by atoms with E-state index in [1.807, 2.05) is 25.1 Å². The van der Waals surface area contributed by atoms with E-state index in [1.54, 1.807) is 12.4 Å². The fraction of sp³-hybridized carbons (Fsp3) is 0.286. The summed E-state index contributed by atoms with van der Waals surface area (Å²) in [6, 6.07) is 5.69. The Bertz CT molecular complexity index is 532. The van der Waals surface area contributed by atoms with Gasteiger partial charge < -0.3 is 10.3 Å². The standard InChI is InChI=1S/C14H16BrN3O/c1-10-7-11(9-12(15)8-10)14(19)18-4-2-3-13-16-5-6-17-13/h5-9H,2-4H2,1H3,(H,16,17)(H,18,19). The largest absolute Gasteiger partial charge is 0.352 e. The van der Waals surface area contributed by atoms with Gasteiger partial charge in [0, 0.05) is 35.4 Å². The van der Waals surface area contributed by atoms with Crippen molar-refractivity contribution in [1.82, 2.24) is 15.3 Å². The summed E-state index contributed by atoms with van der Waals surface area (Å²) in [6.07, 6.45) is 5.24. The maximum atomic E-state index is 12.0. The second-order valence-electron chi connectivity index (χ2n) is 4.41. The topological polar surface area (TPSA) is 57.8 Å². The molecule has 0 spiro atoms. The van der Waals surface area contributed by atoms with Crippen molar-refractivity contribution in [2.75, 3.05) is 6.54 Å². The average Bonchev–Trinajstić information content (AvgIpc) is 2.86. The SMILES string of the molecule is Cc1cc(Br)cc(C(=O)NCCCc2ncc[nH]2)c1. The summed E-state index contributed by atoms with van der Waals surface area (Å²) in [5.41, 5.74) is 1.75. The first-order valence-corrected chi connectivity index (χ1v) is 6.98. The normalized spacial score (nSPS) is 10.4. The molecule has 2 rings (SSSR count). The van der Waals surface area contributed by atoms with Crippen LogP contribution in [-0.2, 0) is 6.42 Å². The molecule has 0 atom stereocenters. The van der Waals surface area contributed by atoms with Crippen molar-refractivity contribution in [2.45, 2.75) is 19.8 Å². The van der Waals surface area contributed by atoms with Crippen molar-refractivity contribution < 1.29 is 4.79 Å². The van der Waals surface area contributed by atoms with E-state index in [2.05, 4.69) is 31.2 Å². The fourth-order valence-corrected chi connectivity index (χ4v) is 2.47. The number of carbonyl (C=O) groups is 1. The summed E-state index contributed by atoms with van der Waals surface area (Å²) in [5.74, 6) is 0.913. The molecule has 0 saturated heterocycles. The minimum atomic E-state index is -0.0381. The predicted molar refractivity (Wildman–Crippen MR) is 78.1 cm³/mol. The molecule has 0 radical (unpaired) electrons. The highest BCUT2D eigenvalue weighted by Crippen LogP contribution is 2.15. The van der Waals surface area contributed by atoms with E-state index in [4.69, 9.17) is 0 Å². The van der Waals surface area contributed by atoms with E-state index in [9.17, 15) is 4.79 Å². The third-order valence-corrected chi connectivity index (χ3v) is 3.19. The van der Waals surface area contributed by atoms with E-state index in [0.29, 0.717) is 12.1 Å². The summed E-state index contributed by atoms with van der Waals surface area (Å²) in [5, 5.41) is 2.91. The van der Waals surface area contributed by atoms with Crippen molar-refractivity contribution >= 4 is 21.8 Å². The number of carbonyl (C=O) groups excluding carboxylic acids is 1. The van der Waals surface area contributed by atoms with Crippen LogP contribution in [0.3, 0.4) is 0 Å². The minimum Gasteiger partial charge on any atom is -0.352 e. The predicted octanol–water partition coefficient (Wildman–Crippen LogP) is 2.84. The van der Waals surface area contributed by atoms with Gasteiger partial charge in [-0.25, -0.2) is 4.98 Å². The highest BCUT2D eigenvalue weighted by atomic mass is 79.9. The summed E-state index contributed by atoms with van der Waals surface area (Å²) in [6.45, 7) is 2.61. The lowest BCUT2D eigenvalue weighted by Crippen LogP contribution is -2.24. The Kier molecular flexibility index (Phi) is 4.74. The van der Waals surface area contributed by atoms with Gasteiger partial charge in [0.2, 0.25) is 0 Å². The van der Waals surface area contributed by atoms with Crippen LogP contribution >= 0.6 is 15.9 Å². The van der Waals surface area contributed by atoms with Gasteiger partial charge in [0.1, 0.15) is 5.82 Å². The van der Waals surface area contributed by atoms with E-state index >= 15 is 0 Å². The Morgan fingerprint density at radius 2 is 2.26 bits per heavy atom. The van der Waals surface area contributed by atoms with Gasteiger partial charge in [-0.2, -0.15) is 0 Å². The molecule has 19 heavy (non-hydrogen) atoms. The number of halogens is 1. The fourth-order valence-electron chi connectivity index (χ4n) is 1.86. The molecular formula is C14H16BrN3O. The zero-order valence-corrected chi connectivity index (χ0v) is 12.3. The number of benzene rings is 1. The van der Waals surface area contributed by atoms with Gasteiger partial charge in [-0.05, 0) is 37.1 Å². The van der Waals surface area contributed by atoms with Crippen molar-refractivity contribution in [3.8, 4) is 0 Å². The molecular weight excluding hydrogens is 306 g/mol. The number of imidazole rings is 1. The number of aromatic amines is 1. The molecule has 4 nitrogen and oxygen atoms in total. The number of amides is 1. The molecule has 2 N–H and O–H groups in total. The van der Waals surface area contributed by atoms with Crippen LogP contribution in [0.1, 0.15) is 28.2 Å². The maximum Gasteiger partial charge on any atom is 0.251 e. The van der Waals surface area contributed by atoms with Gasteiger partial charge in [0.15, 0.2) is 0 Å². The lowest BCUT2D eigenvalue weighted by molar-refractivity contribution is 0.0953. The number of aryl methyl sites for hydroxylation is 2.